The molecule has 2 unspecified atom stereocenters. The van der Waals surface area contributed by atoms with Gasteiger partial charge in [0.2, 0.25) is 0 Å². The highest BCUT2D eigenvalue weighted by atomic mass is 31.0. The third-order valence-electron chi connectivity index (χ3n) is 6.52. The summed E-state index contributed by atoms with van der Waals surface area (Å²) in [6.07, 6.45) is 8.65. The molecule has 2 atom stereocenters. The molecule has 38 heavy (non-hydrogen) atoms. The highest BCUT2D eigenvalue weighted by molar-refractivity contribution is 7.27. The van der Waals surface area contributed by atoms with E-state index in [0.29, 0.717) is 34.8 Å². The molecule has 0 spiro atoms. The molecule has 1 aliphatic heterocycles. The van der Waals surface area contributed by atoms with Gasteiger partial charge in [-0.3, -0.25) is 15.0 Å². The molecule has 3 aromatic heterocycles. The van der Waals surface area contributed by atoms with Crippen molar-refractivity contribution < 1.29 is 13.2 Å². The van der Waals surface area contributed by atoms with Crippen molar-refractivity contribution in [3.8, 4) is 0 Å². The van der Waals surface area contributed by atoms with Crippen LogP contribution in [0.2, 0.25) is 0 Å². The minimum atomic E-state index is -2.95. The van der Waals surface area contributed by atoms with E-state index in [4.69, 9.17) is 4.99 Å². The number of hydrogen-bond acceptors (Lipinski definition) is 7. The Balaban J connectivity index is 1.47. The van der Waals surface area contributed by atoms with E-state index in [9.17, 15) is 13.2 Å². The lowest BCUT2D eigenvalue weighted by Crippen LogP contribution is -2.57. The predicted molar refractivity (Wildman–Crippen MR) is 146 cm³/mol. The summed E-state index contributed by atoms with van der Waals surface area (Å²) < 4.78 is 43.9. The molecule has 8 nitrogen and oxygen atoms in total. The van der Waals surface area contributed by atoms with E-state index in [-0.39, 0.29) is 24.7 Å². The molecule has 2 aliphatic rings. The fourth-order valence-corrected chi connectivity index (χ4v) is 4.62. The van der Waals surface area contributed by atoms with Gasteiger partial charge in [0.1, 0.15) is 11.7 Å². The Hall–Kier alpha value is -3.43. The highest BCUT2D eigenvalue weighted by Gasteiger charge is 2.42. The number of nitrogens with one attached hydrogen (secondary N) is 3. The van der Waals surface area contributed by atoms with Crippen LogP contribution in [0.3, 0.4) is 0 Å². The van der Waals surface area contributed by atoms with Gasteiger partial charge in [-0.15, -0.1) is 9.24 Å². The zero-order valence-corrected chi connectivity index (χ0v) is 21.7. The number of aliphatic imine (C=N–C) groups is 2. The maximum absolute atomic E-state index is 14.8. The zero-order valence-electron chi connectivity index (χ0n) is 20.6. The van der Waals surface area contributed by atoms with Gasteiger partial charge >= 0.3 is 0 Å². The van der Waals surface area contributed by atoms with E-state index in [0.717, 1.165) is 24.0 Å². The average molecular weight is 541 g/mol. The molecule has 1 aliphatic carbocycles. The third kappa shape index (κ3) is 6.00. The standard InChI is InChI=1S/C26H28F3N8P/c1-30-20-13-32-12-18(16-2-3-16)23(20)25(36-21-5-6-31-14-26(21,28)29)34-10-15-4-7-33-22(8-15)37-24-19(27)9-17(38)11-35-24/h4,7-9,11-13,16,21,31H,1-3,5-6,10,14,38H2,(H,34,36)(H,33,35,37). The van der Waals surface area contributed by atoms with Gasteiger partial charge < -0.3 is 16.0 Å². The van der Waals surface area contributed by atoms with Crippen LogP contribution in [-0.4, -0.2) is 52.6 Å². The smallest absolute Gasteiger partial charge is 0.279 e. The molecule has 198 valence electrons. The number of anilines is 2. The lowest BCUT2D eigenvalue weighted by molar-refractivity contribution is -0.0453. The highest BCUT2D eigenvalue weighted by Crippen LogP contribution is 2.43. The fourth-order valence-electron chi connectivity index (χ4n) is 4.40. The van der Waals surface area contributed by atoms with Crippen LogP contribution in [0.5, 0.6) is 0 Å². The zero-order chi connectivity index (χ0) is 26.7. The third-order valence-corrected chi connectivity index (χ3v) is 6.84. The number of rotatable bonds is 8. The van der Waals surface area contributed by atoms with Crippen LogP contribution in [-0.2, 0) is 6.54 Å². The first-order chi connectivity index (χ1) is 18.3. The molecular weight excluding hydrogens is 512 g/mol. The van der Waals surface area contributed by atoms with E-state index in [1.807, 2.05) is 0 Å². The maximum atomic E-state index is 14.8. The van der Waals surface area contributed by atoms with E-state index >= 15 is 0 Å². The monoisotopic (exact) mass is 540 g/mol. The van der Waals surface area contributed by atoms with Crippen LogP contribution in [0.25, 0.3) is 0 Å². The summed E-state index contributed by atoms with van der Waals surface area (Å²) in [5.41, 5.74) is 2.82. The van der Waals surface area contributed by atoms with Crippen molar-refractivity contribution in [2.75, 3.05) is 18.4 Å². The Morgan fingerprint density at radius 3 is 2.76 bits per heavy atom. The van der Waals surface area contributed by atoms with Gasteiger partial charge in [-0.2, -0.15) is 0 Å². The Bertz CT molecular complexity index is 1360. The van der Waals surface area contributed by atoms with Crippen molar-refractivity contribution in [3.63, 3.8) is 0 Å². The molecule has 0 radical (unpaired) electrons. The van der Waals surface area contributed by atoms with E-state index in [2.05, 4.69) is 51.9 Å². The van der Waals surface area contributed by atoms with Gasteiger partial charge in [0.25, 0.3) is 5.92 Å². The van der Waals surface area contributed by atoms with Crippen molar-refractivity contribution in [3.05, 3.63) is 65.5 Å². The van der Waals surface area contributed by atoms with Crippen LogP contribution >= 0.6 is 9.24 Å². The summed E-state index contributed by atoms with van der Waals surface area (Å²) in [5, 5.41) is 9.31. The van der Waals surface area contributed by atoms with E-state index < -0.39 is 24.3 Å². The molecule has 1 saturated heterocycles. The van der Waals surface area contributed by atoms with E-state index in [1.165, 1.54) is 12.3 Å². The molecule has 0 aromatic carbocycles. The number of pyridine rings is 3. The lowest BCUT2D eigenvalue weighted by atomic mass is 9.99. The van der Waals surface area contributed by atoms with Crippen LogP contribution in [0.15, 0.2) is 53.0 Å². The molecule has 0 bridgehead atoms. The molecule has 3 N–H and O–H groups in total. The van der Waals surface area contributed by atoms with Gasteiger partial charge in [0, 0.05) is 24.2 Å². The van der Waals surface area contributed by atoms with Gasteiger partial charge in [-0.05, 0) is 73.1 Å². The second-order valence-electron chi connectivity index (χ2n) is 9.42. The lowest BCUT2D eigenvalue weighted by Gasteiger charge is -2.33. The summed E-state index contributed by atoms with van der Waals surface area (Å²) in [7, 11) is 2.39. The number of hydrogen-bond donors (Lipinski definition) is 3. The van der Waals surface area contributed by atoms with Crippen molar-refractivity contribution in [1.82, 2.24) is 25.6 Å². The van der Waals surface area contributed by atoms with Crippen molar-refractivity contribution >= 4 is 44.4 Å². The number of alkyl halides is 2. The second-order valence-corrected chi connectivity index (χ2v) is 10.1. The first kappa shape index (κ1) is 26.2. The summed E-state index contributed by atoms with van der Waals surface area (Å²) in [4.78, 5) is 21.5. The minimum Gasteiger partial charge on any atom is -0.361 e. The molecule has 3 aromatic rings. The molecule has 12 heteroatoms. The first-order valence-corrected chi connectivity index (χ1v) is 12.9. The van der Waals surface area contributed by atoms with Crippen LogP contribution < -0.4 is 21.3 Å². The summed E-state index contributed by atoms with van der Waals surface area (Å²) in [6.45, 7) is 3.90. The minimum absolute atomic E-state index is 0.0485. The van der Waals surface area contributed by atoms with Gasteiger partial charge in [-0.1, -0.05) is 0 Å². The predicted octanol–water partition coefficient (Wildman–Crippen LogP) is 4.00. The molecule has 1 saturated carbocycles. The number of aromatic nitrogens is 3. The normalized spacial score (nSPS) is 19.2. The van der Waals surface area contributed by atoms with Crippen LogP contribution in [0.1, 0.15) is 41.9 Å². The molecule has 0 amide bonds. The number of piperidine rings is 1. The first-order valence-electron chi connectivity index (χ1n) is 12.3. The molecular formula is C26H28F3N8P. The Kier molecular flexibility index (Phi) is 7.67. The topological polar surface area (TPSA) is 99.5 Å². The number of amidine groups is 1. The summed E-state index contributed by atoms with van der Waals surface area (Å²) in [6, 6.07) is 3.74. The largest absolute Gasteiger partial charge is 0.361 e. The van der Waals surface area contributed by atoms with Crippen LogP contribution in [0, 0.1) is 5.82 Å². The fraction of sp³-hybridized carbons (Fsp3) is 0.346. The van der Waals surface area contributed by atoms with E-state index in [1.54, 1.807) is 30.7 Å². The Morgan fingerprint density at radius 1 is 1.18 bits per heavy atom. The SMILES string of the molecule is C=Nc1cncc(C2CC2)c1C(=NCc1ccnc(Nc2ncc(P)cc2F)c1)NC1CCNCC1(F)F. The van der Waals surface area contributed by atoms with Crippen molar-refractivity contribution in [2.24, 2.45) is 9.98 Å². The molecule has 5 rings (SSSR count). The van der Waals surface area contributed by atoms with Gasteiger partial charge in [0.15, 0.2) is 11.6 Å². The Morgan fingerprint density at radius 2 is 2.03 bits per heavy atom. The van der Waals surface area contributed by atoms with Gasteiger partial charge in [-0.25, -0.2) is 23.1 Å². The number of nitrogens with zero attached hydrogens (tertiary/aromatic N) is 5. The molecule has 4 heterocycles. The number of halogens is 3. The quantitative estimate of drug-likeness (QED) is 0.227. The van der Waals surface area contributed by atoms with Crippen molar-refractivity contribution in [1.29, 1.82) is 0 Å². The Labute approximate surface area is 220 Å². The maximum Gasteiger partial charge on any atom is 0.279 e. The average Bonchev–Trinajstić information content (AvgIpc) is 3.74. The van der Waals surface area contributed by atoms with Crippen LogP contribution in [0.4, 0.5) is 30.5 Å². The second kappa shape index (κ2) is 11.1. The summed E-state index contributed by atoms with van der Waals surface area (Å²) >= 11 is 0. The van der Waals surface area contributed by atoms with Crippen molar-refractivity contribution in [2.45, 2.75) is 43.7 Å². The molecule has 2 fully saturated rings. The van der Waals surface area contributed by atoms with Gasteiger partial charge in [0.05, 0.1) is 31.0 Å². The summed E-state index contributed by atoms with van der Waals surface area (Å²) in [5.74, 6) is -2.41.